The topological polar surface area (TPSA) is 9.23 Å². The average molecular weight is 427 g/mol. The van der Waals surface area contributed by atoms with Crippen LogP contribution in [0.25, 0.3) is 0 Å². The molecule has 1 heteroatoms. The van der Waals surface area contributed by atoms with Gasteiger partial charge in [-0.3, -0.25) is 0 Å². The van der Waals surface area contributed by atoms with Gasteiger partial charge in [-0.15, -0.1) is 6.58 Å². The van der Waals surface area contributed by atoms with E-state index in [1.165, 1.54) is 70.6 Å². The van der Waals surface area contributed by atoms with Crippen LogP contribution in [0, 0.1) is 46.3 Å². The van der Waals surface area contributed by atoms with Gasteiger partial charge >= 0.3 is 0 Å². The molecule has 0 bridgehead atoms. The molecule has 0 saturated heterocycles. The van der Waals surface area contributed by atoms with E-state index in [-0.39, 0.29) is 0 Å². The maximum Gasteiger partial charge on any atom is 0.0648 e. The van der Waals surface area contributed by atoms with Gasteiger partial charge in [-0.05, 0) is 97.7 Å². The van der Waals surface area contributed by atoms with Crippen molar-refractivity contribution in [1.29, 1.82) is 0 Å². The molecule has 4 rings (SSSR count). The van der Waals surface area contributed by atoms with Gasteiger partial charge in [-0.25, -0.2) is 0 Å². The van der Waals surface area contributed by atoms with Crippen LogP contribution in [0.3, 0.4) is 0 Å². The number of rotatable bonds is 8. The van der Waals surface area contributed by atoms with Gasteiger partial charge in [-0.1, -0.05) is 71.6 Å². The van der Waals surface area contributed by atoms with E-state index in [4.69, 9.17) is 4.74 Å². The van der Waals surface area contributed by atoms with Crippen LogP contribution < -0.4 is 0 Å². The van der Waals surface area contributed by atoms with Crippen LogP contribution in [0.15, 0.2) is 24.3 Å². The normalized spacial score (nSPS) is 43.0. The quantitative estimate of drug-likeness (QED) is 0.353. The van der Waals surface area contributed by atoms with E-state index in [1.54, 1.807) is 5.57 Å². The number of hydrogen-bond donors (Lipinski definition) is 0. The molecule has 0 unspecified atom stereocenters. The van der Waals surface area contributed by atoms with Crippen molar-refractivity contribution in [3.05, 3.63) is 24.3 Å². The predicted molar refractivity (Wildman–Crippen MR) is 133 cm³/mol. The summed E-state index contributed by atoms with van der Waals surface area (Å²) in [5, 5.41) is 0. The van der Waals surface area contributed by atoms with Crippen LogP contribution in [-0.4, -0.2) is 12.7 Å². The highest BCUT2D eigenvalue weighted by molar-refractivity contribution is 5.25. The molecule has 0 aromatic carbocycles. The van der Waals surface area contributed by atoms with Crippen molar-refractivity contribution in [2.24, 2.45) is 46.3 Å². The molecular weight excluding hydrogens is 376 g/mol. The average Bonchev–Trinajstić information content (AvgIpc) is 3.09. The zero-order chi connectivity index (χ0) is 22.2. The molecule has 0 N–H and O–H groups in total. The first kappa shape index (κ1) is 23.6. The molecule has 0 spiro atoms. The molecule has 3 fully saturated rings. The van der Waals surface area contributed by atoms with Crippen molar-refractivity contribution in [3.63, 3.8) is 0 Å². The second-order valence-corrected chi connectivity index (χ2v) is 12.8. The van der Waals surface area contributed by atoms with Crippen LogP contribution >= 0.6 is 0 Å². The SMILES string of the molecule is C=CCO[C@H]1CC[C@@]2(C)C(=CC[C@H]3[C@@H]4CC[C@H]([C@H](C)CCCC(C)C)[C@@]4(C)CC[C@@H]32)C1. The fraction of sp³-hybridized carbons (Fsp3) is 0.867. The van der Waals surface area contributed by atoms with Gasteiger partial charge < -0.3 is 4.74 Å². The van der Waals surface area contributed by atoms with Crippen LogP contribution in [0.1, 0.15) is 105 Å². The highest BCUT2D eigenvalue weighted by atomic mass is 16.5. The Kier molecular flexibility index (Phi) is 7.12. The molecule has 8 atom stereocenters. The summed E-state index contributed by atoms with van der Waals surface area (Å²) in [7, 11) is 0. The first-order valence-electron chi connectivity index (χ1n) is 13.7. The Bertz CT molecular complexity index is 661. The minimum atomic E-state index is 0.422. The Labute approximate surface area is 193 Å². The third-order valence-electron chi connectivity index (χ3n) is 10.7. The van der Waals surface area contributed by atoms with Gasteiger partial charge in [0.15, 0.2) is 0 Å². The fourth-order valence-electron chi connectivity index (χ4n) is 9.00. The first-order valence-corrected chi connectivity index (χ1v) is 13.7. The Balaban J connectivity index is 1.45. The number of allylic oxidation sites excluding steroid dienone is 1. The van der Waals surface area contributed by atoms with E-state index < -0.39 is 0 Å². The second-order valence-electron chi connectivity index (χ2n) is 12.8. The maximum absolute atomic E-state index is 6.08. The lowest BCUT2D eigenvalue weighted by molar-refractivity contribution is -0.0621. The van der Waals surface area contributed by atoms with E-state index in [2.05, 4.69) is 47.3 Å². The summed E-state index contributed by atoms with van der Waals surface area (Å²) in [6, 6.07) is 0. The molecule has 0 aromatic heterocycles. The van der Waals surface area contributed by atoms with Crippen molar-refractivity contribution in [2.45, 2.75) is 111 Å². The molecular formula is C30H50O. The Morgan fingerprint density at radius 1 is 1.06 bits per heavy atom. The Morgan fingerprint density at radius 2 is 1.87 bits per heavy atom. The summed E-state index contributed by atoms with van der Waals surface area (Å²) in [5.41, 5.74) is 2.79. The number of hydrogen-bond acceptors (Lipinski definition) is 1. The molecule has 0 amide bonds. The Hall–Kier alpha value is -0.560. The molecule has 0 aliphatic heterocycles. The van der Waals surface area contributed by atoms with Gasteiger partial charge in [0.05, 0.1) is 12.7 Å². The fourth-order valence-corrected chi connectivity index (χ4v) is 9.00. The number of fused-ring (bicyclic) bond motifs is 5. The van der Waals surface area contributed by atoms with Crippen molar-refractivity contribution in [2.75, 3.05) is 6.61 Å². The third-order valence-corrected chi connectivity index (χ3v) is 10.7. The molecule has 4 aliphatic carbocycles. The molecule has 0 aromatic rings. The summed E-state index contributed by atoms with van der Waals surface area (Å²) in [4.78, 5) is 0. The largest absolute Gasteiger partial charge is 0.374 e. The molecule has 4 aliphatic rings. The van der Waals surface area contributed by atoms with Gasteiger partial charge in [0.1, 0.15) is 0 Å². The second kappa shape index (κ2) is 9.36. The van der Waals surface area contributed by atoms with Crippen LogP contribution in [-0.2, 0) is 4.74 Å². The standard InChI is InChI=1S/C30H50O/c1-7-19-31-24-15-17-29(5)23(20-24)11-12-25-27-14-13-26(22(4)10-8-9-21(2)3)30(27,6)18-16-28(25)29/h7,11,21-22,24-28H,1,8-10,12-20H2,2-6H3/t22-,24+,25+,26-,27+,28+,29+,30-/m1/s1. The van der Waals surface area contributed by atoms with E-state index in [0.717, 1.165) is 35.5 Å². The lowest BCUT2D eigenvalue weighted by Crippen LogP contribution is -2.51. The van der Waals surface area contributed by atoms with Crippen LogP contribution in [0.2, 0.25) is 0 Å². The van der Waals surface area contributed by atoms with Crippen molar-refractivity contribution >= 4 is 0 Å². The molecule has 31 heavy (non-hydrogen) atoms. The van der Waals surface area contributed by atoms with Crippen molar-refractivity contribution in [1.82, 2.24) is 0 Å². The zero-order valence-electron chi connectivity index (χ0n) is 21.3. The van der Waals surface area contributed by atoms with E-state index in [1.807, 2.05) is 6.08 Å². The van der Waals surface area contributed by atoms with E-state index >= 15 is 0 Å². The molecule has 0 heterocycles. The minimum Gasteiger partial charge on any atom is -0.374 e. The summed E-state index contributed by atoms with van der Waals surface area (Å²) in [6.07, 6.45) is 20.4. The number of ether oxygens (including phenoxy) is 1. The maximum atomic E-state index is 6.08. The highest BCUT2D eigenvalue weighted by Crippen LogP contribution is 2.67. The lowest BCUT2D eigenvalue weighted by atomic mass is 9.47. The van der Waals surface area contributed by atoms with Crippen molar-refractivity contribution < 1.29 is 4.74 Å². The minimum absolute atomic E-state index is 0.422. The van der Waals surface area contributed by atoms with Gasteiger partial charge in [0.25, 0.3) is 0 Å². The smallest absolute Gasteiger partial charge is 0.0648 e. The molecule has 1 nitrogen and oxygen atoms in total. The monoisotopic (exact) mass is 426 g/mol. The van der Waals surface area contributed by atoms with Gasteiger partial charge in [0.2, 0.25) is 0 Å². The summed E-state index contributed by atoms with van der Waals surface area (Å²) < 4.78 is 6.08. The zero-order valence-corrected chi connectivity index (χ0v) is 21.3. The Morgan fingerprint density at radius 3 is 2.61 bits per heavy atom. The summed E-state index contributed by atoms with van der Waals surface area (Å²) >= 11 is 0. The predicted octanol–water partition coefficient (Wildman–Crippen LogP) is 8.60. The van der Waals surface area contributed by atoms with Gasteiger partial charge in [0, 0.05) is 0 Å². The molecule has 3 saturated carbocycles. The first-order chi connectivity index (χ1) is 14.8. The highest BCUT2D eigenvalue weighted by Gasteiger charge is 2.59. The molecule has 0 radical (unpaired) electrons. The van der Waals surface area contributed by atoms with Crippen LogP contribution in [0.4, 0.5) is 0 Å². The van der Waals surface area contributed by atoms with E-state index in [9.17, 15) is 0 Å². The summed E-state index contributed by atoms with van der Waals surface area (Å²) in [5.74, 6) is 5.55. The van der Waals surface area contributed by atoms with Crippen molar-refractivity contribution in [3.8, 4) is 0 Å². The lowest BCUT2D eigenvalue weighted by Gasteiger charge is -2.58. The van der Waals surface area contributed by atoms with E-state index in [0.29, 0.717) is 23.5 Å². The third kappa shape index (κ3) is 4.34. The molecule has 176 valence electrons. The summed E-state index contributed by atoms with van der Waals surface area (Å²) in [6.45, 7) is 17.2. The van der Waals surface area contributed by atoms with Gasteiger partial charge in [-0.2, -0.15) is 0 Å². The van der Waals surface area contributed by atoms with Crippen LogP contribution in [0.5, 0.6) is 0 Å².